The van der Waals surface area contributed by atoms with Crippen LogP contribution in [0.25, 0.3) is 22.3 Å². The first-order valence-corrected chi connectivity index (χ1v) is 5.45. The zero-order valence-electron chi connectivity index (χ0n) is 9.75. The van der Waals surface area contributed by atoms with Gasteiger partial charge >= 0.3 is 0 Å². The molecule has 2 aromatic heterocycles. The second-order valence-electron chi connectivity index (χ2n) is 4.10. The van der Waals surface area contributed by atoms with Gasteiger partial charge in [0.05, 0.1) is 17.3 Å². The molecule has 1 aromatic carbocycles. The summed E-state index contributed by atoms with van der Waals surface area (Å²) in [5.74, 6) is 0.719. The Labute approximate surface area is 98.9 Å². The van der Waals surface area contributed by atoms with Gasteiger partial charge in [-0.3, -0.25) is 4.68 Å². The van der Waals surface area contributed by atoms with E-state index in [0.717, 1.165) is 22.3 Å². The van der Waals surface area contributed by atoms with Crippen LogP contribution in [0.5, 0.6) is 0 Å². The highest BCUT2D eigenvalue weighted by Crippen LogP contribution is 2.19. The molecule has 0 aliphatic rings. The number of nitrogens with zero attached hydrogens (tertiary/aromatic N) is 4. The molecule has 0 unspecified atom stereocenters. The van der Waals surface area contributed by atoms with Gasteiger partial charge in [-0.2, -0.15) is 5.10 Å². The first kappa shape index (κ1) is 9.96. The average Bonchev–Trinajstić information content (AvgIpc) is 2.76. The van der Waals surface area contributed by atoms with Crippen LogP contribution in [-0.2, 0) is 7.05 Å². The molecule has 3 aromatic rings. The second-order valence-corrected chi connectivity index (χ2v) is 4.10. The molecular weight excluding hydrogens is 212 g/mol. The van der Waals surface area contributed by atoms with Gasteiger partial charge in [0, 0.05) is 24.8 Å². The van der Waals surface area contributed by atoms with Gasteiger partial charge < -0.3 is 0 Å². The van der Waals surface area contributed by atoms with Crippen molar-refractivity contribution in [2.45, 2.75) is 6.92 Å². The fourth-order valence-electron chi connectivity index (χ4n) is 1.88. The number of aromatic nitrogens is 4. The van der Waals surface area contributed by atoms with Crippen LogP contribution in [0.3, 0.4) is 0 Å². The van der Waals surface area contributed by atoms with Crippen molar-refractivity contribution in [3.63, 3.8) is 0 Å². The third-order valence-corrected chi connectivity index (χ3v) is 2.81. The maximum absolute atomic E-state index is 4.56. The molecule has 0 radical (unpaired) electrons. The molecule has 17 heavy (non-hydrogen) atoms. The molecule has 0 saturated heterocycles. The fourth-order valence-corrected chi connectivity index (χ4v) is 1.88. The Balaban J connectivity index is 2.20. The average molecular weight is 224 g/mol. The van der Waals surface area contributed by atoms with Crippen LogP contribution in [0.2, 0.25) is 0 Å². The Hall–Kier alpha value is -2.23. The van der Waals surface area contributed by atoms with Gasteiger partial charge in [0.2, 0.25) is 0 Å². The number of fused-ring (bicyclic) bond motifs is 1. The Morgan fingerprint density at radius 3 is 2.82 bits per heavy atom. The first-order valence-electron chi connectivity index (χ1n) is 5.45. The van der Waals surface area contributed by atoms with Gasteiger partial charge in [0.15, 0.2) is 5.82 Å². The number of aryl methyl sites for hydroxylation is 2. The Morgan fingerprint density at radius 2 is 2.06 bits per heavy atom. The molecule has 0 N–H and O–H groups in total. The standard InChI is InChI=1S/C13H12N4/c1-9-4-3-5-12-11(9)7-14-13(16-12)10-6-15-17(2)8-10/h3-8H,1-2H3. The maximum atomic E-state index is 4.56. The van der Waals surface area contributed by atoms with Crippen molar-refractivity contribution in [2.24, 2.45) is 7.05 Å². The Morgan fingerprint density at radius 1 is 1.18 bits per heavy atom. The van der Waals surface area contributed by atoms with E-state index < -0.39 is 0 Å². The third-order valence-electron chi connectivity index (χ3n) is 2.81. The minimum absolute atomic E-state index is 0.719. The largest absolute Gasteiger partial charge is 0.275 e. The van der Waals surface area contributed by atoms with Crippen LogP contribution in [-0.4, -0.2) is 19.7 Å². The molecule has 4 heteroatoms. The molecule has 2 heterocycles. The molecule has 0 amide bonds. The van der Waals surface area contributed by atoms with E-state index in [0.29, 0.717) is 0 Å². The lowest BCUT2D eigenvalue weighted by Crippen LogP contribution is -1.90. The highest BCUT2D eigenvalue weighted by Gasteiger charge is 2.05. The lowest BCUT2D eigenvalue weighted by atomic mass is 10.1. The summed E-state index contributed by atoms with van der Waals surface area (Å²) in [5, 5.41) is 5.22. The summed E-state index contributed by atoms with van der Waals surface area (Å²) >= 11 is 0. The molecule has 0 bridgehead atoms. The molecule has 4 nitrogen and oxygen atoms in total. The van der Waals surface area contributed by atoms with E-state index in [2.05, 4.69) is 28.1 Å². The van der Waals surface area contributed by atoms with Crippen molar-refractivity contribution < 1.29 is 0 Å². The van der Waals surface area contributed by atoms with Crippen LogP contribution in [0.4, 0.5) is 0 Å². The van der Waals surface area contributed by atoms with Crippen LogP contribution in [0, 0.1) is 6.92 Å². The zero-order chi connectivity index (χ0) is 11.8. The zero-order valence-corrected chi connectivity index (χ0v) is 9.75. The van der Waals surface area contributed by atoms with E-state index in [1.54, 1.807) is 10.9 Å². The molecule has 3 rings (SSSR count). The Kier molecular flexibility index (Phi) is 2.14. The first-order chi connectivity index (χ1) is 8.24. The molecule has 0 atom stereocenters. The van der Waals surface area contributed by atoms with Crippen LogP contribution < -0.4 is 0 Å². The summed E-state index contributed by atoms with van der Waals surface area (Å²) in [6, 6.07) is 6.08. The minimum atomic E-state index is 0.719. The normalized spacial score (nSPS) is 10.9. The highest BCUT2D eigenvalue weighted by atomic mass is 15.2. The van der Waals surface area contributed by atoms with Crippen LogP contribution >= 0.6 is 0 Å². The van der Waals surface area contributed by atoms with E-state index >= 15 is 0 Å². The Bertz CT molecular complexity index is 685. The maximum Gasteiger partial charge on any atom is 0.162 e. The van der Waals surface area contributed by atoms with E-state index in [1.165, 1.54) is 5.56 Å². The molecule has 0 aliphatic heterocycles. The number of hydrogen-bond donors (Lipinski definition) is 0. The second kappa shape index (κ2) is 3.66. The predicted molar refractivity (Wildman–Crippen MR) is 66.5 cm³/mol. The quantitative estimate of drug-likeness (QED) is 0.637. The molecular formula is C13H12N4. The van der Waals surface area contributed by atoms with Crippen molar-refractivity contribution in [1.82, 2.24) is 19.7 Å². The molecule has 0 fully saturated rings. The lowest BCUT2D eigenvalue weighted by Gasteiger charge is -2.02. The fraction of sp³-hybridized carbons (Fsp3) is 0.154. The van der Waals surface area contributed by atoms with Gasteiger partial charge in [0.1, 0.15) is 0 Å². The van der Waals surface area contributed by atoms with Gasteiger partial charge in [-0.1, -0.05) is 12.1 Å². The molecule has 84 valence electrons. The topological polar surface area (TPSA) is 43.6 Å². The number of hydrogen-bond acceptors (Lipinski definition) is 3. The number of rotatable bonds is 1. The van der Waals surface area contributed by atoms with Crippen LogP contribution in [0.1, 0.15) is 5.56 Å². The van der Waals surface area contributed by atoms with E-state index in [-0.39, 0.29) is 0 Å². The molecule has 0 saturated carbocycles. The minimum Gasteiger partial charge on any atom is -0.275 e. The monoisotopic (exact) mass is 224 g/mol. The van der Waals surface area contributed by atoms with Crippen molar-refractivity contribution in [3.8, 4) is 11.4 Å². The van der Waals surface area contributed by atoms with E-state index in [9.17, 15) is 0 Å². The van der Waals surface area contributed by atoms with Crippen molar-refractivity contribution in [1.29, 1.82) is 0 Å². The van der Waals surface area contributed by atoms with Gasteiger partial charge in [-0.15, -0.1) is 0 Å². The number of benzene rings is 1. The smallest absolute Gasteiger partial charge is 0.162 e. The van der Waals surface area contributed by atoms with E-state index in [4.69, 9.17) is 0 Å². The SMILES string of the molecule is Cc1cccc2nc(-c3cnn(C)c3)ncc12. The summed E-state index contributed by atoms with van der Waals surface area (Å²) in [6.45, 7) is 2.06. The summed E-state index contributed by atoms with van der Waals surface area (Å²) in [6.07, 6.45) is 5.56. The summed E-state index contributed by atoms with van der Waals surface area (Å²) < 4.78 is 1.75. The van der Waals surface area contributed by atoms with Crippen molar-refractivity contribution >= 4 is 10.9 Å². The summed E-state index contributed by atoms with van der Waals surface area (Å²) in [4.78, 5) is 8.94. The lowest BCUT2D eigenvalue weighted by molar-refractivity contribution is 0.768. The molecule has 0 aliphatic carbocycles. The summed E-state index contributed by atoms with van der Waals surface area (Å²) in [5.41, 5.74) is 3.11. The van der Waals surface area contributed by atoms with Gasteiger partial charge in [0.25, 0.3) is 0 Å². The predicted octanol–water partition coefficient (Wildman–Crippen LogP) is 2.34. The van der Waals surface area contributed by atoms with E-state index in [1.807, 2.05) is 31.6 Å². The van der Waals surface area contributed by atoms with Crippen molar-refractivity contribution in [3.05, 3.63) is 42.4 Å². The van der Waals surface area contributed by atoms with Gasteiger partial charge in [-0.25, -0.2) is 9.97 Å². The molecule has 0 spiro atoms. The van der Waals surface area contributed by atoms with Crippen LogP contribution in [0.15, 0.2) is 36.8 Å². The van der Waals surface area contributed by atoms with Crippen molar-refractivity contribution in [2.75, 3.05) is 0 Å². The summed E-state index contributed by atoms with van der Waals surface area (Å²) in [7, 11) is 1.88. The van der Waals surface area contributed by atoms with Gasteiger partial charge in [-0.05, 0) is 18.6 Å². The third kappa shape index (κ3) is 1.67. The highest BCUT2D eigenvalue weighted by molar-refractivity contribution is 5.82.